The Kier molecular flexibility index (Phi) is 6.59. The van der Waals surface area contributed by atoms with Crippen molar-refractivity contribution in [1.82, 2.24) is 20.0 Å². The van der Waals surface area contributed by atoms with Crippen molar-refractivity contribution >= 4 is 5.91 Å². The molecule has 0 unspecified atom stereocenters. The highest BCUT2D eigenvalue weighted by Gasteiger charge is 2.38. The number of aromatic nitrogens is 2. The largest absolute Gasteiger partial charge is 0.379 e. The molecule has 0 radical (unpaired) electrons. The summed E-state index contributed by atoms with van der Waals surface area (Å²) in [6.07, 6.45) is 5.81. The number of nitrogens with one attached hydrogen (secondary N) is 1. The number of hydrogen-bond donors (Lipinski definition) is 1. The highest BCUT2D eigenvalue weighted by molar-refractivity contribution is 5.92. The molecule has 7 heteroatoms. The lowest BCUT2D eigenvalue weighted by molar-refractivity contribution is -0.0361. The summed E-state index contributed by atoms with van der Waals surface area (Å²) in [5.74, 6) is -0.227. The van der Waals surface area contributed by atoms with Crippen LogP contribution in [0.4, 0.5) is 0 Å². The van der Waals surface area contributed by atoms with Gasteiger partial charge in [0.25, 0.3) is 11.5 Å². The summed E-state index contributed by atoms with van der Waals surface area (Å²) < 4.78 is 6.88. The van der Waals surface area contributed by atoms with Gasteiger partial charge >= 0.3 is 0 Å². The van der Waals surface area contributed by atoms with Gasteiger partial charge in [-0.25, -0.2) is 4.68 Å². The van der Waals surface area contributed by atoms with E-state index in [9.17, 15) is 9.59 Å². The Morgan fingerprint density at radius 2 is 1.77 bits per heavy atom. The van der Waals surface area contributed by atoms with E-state index in [1.54, 1.807) is 0 Å². The van der Waals surface area contributed by atoms with Crippen LogP contribution in [0.15, 0.2) is 47.3 Å². The van der Waals surface area contributed by atoms with Crippen molar-refractivity contribution in [2.75, 3.05) is 32.8 Å². The number of amides is 1. The summed E-state index contributed by atoms with van der Waals surface area (Å²) in [5.41, 5.74) is 1.03. The molecule has 0 spiro atoms. The first-order chi connectivity index (χ1) is 14.7. The zero-order valence-electron chi connectivity index (χ0n) is 17.4. The molecule has 1 amide bonds. The van der Waals surface area contributed by atoms with Crippen LogP contribution >= 0.6 is 0 Å². The summed E-state index contributed by atoms with van der Waals surface area (Å²) in [7, 11) is 0. The summed E-state index contributed by atoms with van der Waals surface area (Å²) in [5, 5.41) is 7.44. The zero-order chi connectivity index (χ0) is 20.8. The fourth-order valence-electron chi connectivity index (χ4n) is 4.63. The van der Waals surface area contributed by atoms with E-state index in [4.69, 9.17) is 4.74 Å². The number of carbonyl (C=O) groups is 1. The van der Waals surface area contributed by atoms with Gasteiger partial charge in [0, 0.05) is 31.2 Å². The predicted molar refractivity (Wildman–Crippen MR) is 115 cm³/mol. The number of rotatable bonds is 6. The van der Waals surface area contributed by atoms with Crippen molar-refractivity contribution in [2.45, 2.75) is 44.2 Å². The van der Waals surface area contributed by atoms with Crippen molar-refractivity contribution in [3.8, 4) is 0 Å². The number of benzene rings is 1. The van der Waals surface area contributed by atoms with E-state index in [1.807, 2.05) is 30.3 Å². The Balaban J connectivity index is 1.46. The van der Waals surface area contributed by atoms with E-state index in [0.717, 1.165) is 44.7 Å². The minimum absolute atomic E-state index is 0.00379. The van der Waals surface area contributed by atoms with Crippen LogP contribution in [-0.4, -0.2) is 59.0 Å². The number of ether oxygens (including phenoxy) is 1. The normalized spacial score (nSPS) is 19.3. The fraction of sp³-hybridized carbons (Fsp3) is 0.522. The molecule has 2 fully saturated rings. The van der Waals surface area contributed by atoms with Crippen molar-refractivity contribution < 1.29 is 9.53 Å². The van der Waals surface area contributed by atoms with Crippen LogP contribution < -0.4 is 10.9 Å². The maximum absolute atomic E-state index is 12.9. The first-order valence-corrected chi connectivity index (χ1v) is 10.9. The van der Waals surface area contributed by atoms with Gasteiger partial charge in [0.05, 0.1) is 19.8 Å². The molecule has 1 aliphatic carbocycles. The van der Waals surface area contributed by atoms with Gasteiger partial charge in [0.1, 0.15) is 5.69 Å². The van der Waals surface area contributed by atoms with E-state index >= 15 is 0 Å². The molecule has 1 saturated heterocycles. The van der Waals surface area contributed by atoms with Crippen LogP contribution in [0.5, 0.6) is 0 Å². The number of carbonyl (C=O) groups excluding carboxylic acids is 1. The van der Waals surface area contributed by atoms with Gasteiger partial charge < -0.3 is 10.1 Å². The maximum atomic E-state index is 12.9. The lowest BCUT2D eigenvalue weighted by Crippen LogP contribution is -2.59. The van der Waals surface area contributed by atoms with Crippen LogP contribution in [0.25, 0.3) is 0 Å². The van der Waals surface area contributed by atoms with Crippen LogP contribution in [0.2, 0.25) is 0 Å². The minimum Gasteiger partial charge on any atom is -0.379 e. The molecule has 160 valence electrons. The summed E-state index contributed by atoms with van der Waals surface area (Å²) in [6.45, 7) is 4.28. The van der Waals surface area contributed by atoms with Gasteiger partial charge in [-0.15, -0.1) is 0 Å². The van der Waals surface area contributed by atoms with Gasteiger partial charge in [-0.3, -0.25) is 14.5 Å². The van der Waals surface area contributed by atoms with Crippen LogP contribution in [0.1, 0.15) is 48.2 Å². The molecule has 4 rings (SSSR count). The molecule has 7 nitrogen and oxygen atoms in total. The van der Waals surface area contributed by atoms with Crippen LogP contribution in [0, 0.1) is 0 Å². The molecule has 1 aromatic heterocycles. The van der Waals surface area contributed by atoms with Gasteiger partial charge in [0.15, 0.2) is 0 Å². The third-order valence-corrected chi connectivity index (χ3v) is 6.32. The Labute approximate surface area is 177 Å². The first kappa shape index (κ1) is 20.8. The lowest BCUT2D eigenvalue weighted by Gasteiger charge is -2.48. The van der Waals surface area contributed by atoms with Gasteiger partial charge in [0.2, 0.25) is 0 Å². The molecular formula is C23H30N4O3. The van der Waals surface area contributed by atoms with Crippen molar-refractivity contribution in [3.05, 3.63) is 64.1 Å². The summed E-state index contributed by atoms with van der Waals surface area (Å²) >= 11 is 0. The van der Waals surface area contributed by atoms with Crippen molar-refractivity contribution in [3.63, 3.8) is 0 Å². The van der Waals surface area contributed by atoms with Gasteiger partial charge in [-0.05, 0) is 24.5 Å². The molecule has 2 aromatic rings. The average molecular weight is 411 g/mol. The Morgan fingerprint density at radius 1 is 1.03 bits per heavy atom. The second-order valence-corrected chi connectivity index (χ2v) is 8.27. The van der Waals surface area contributed by atoms with E-state index in [-0.39, 0.29) is 22.7 Å². The molecule has 0 bridgehead atoms. The minimum atomic E-state index is -0.227. The molecule has 1 N–H and O–H groups in total. The van der Waals surface area contributed by atoms with Gasteiger partial charge in [-0.1, -0.05) is 49.6 Å². The van der Waals surface area contributed by atoms with Crippen molar-refractivity contribution in [2.24, 2.45) is 0 Å². The third kappa shape index (κ3) is 4.79. The predicted octanol–water partition coefficient (Wildman–Crippen LogP) is 2.06. The first-order valence-electron chi connectivity index (χ1n) is 10.9. The molecule has 2 aliphatic rings. The third-order valence-electron chi connectivity index (χ3n) is 6.32. The molecular weight excluding hydrogens is 380 g/mol. The molecule has 0 atom stereocenters. The highest BCUT2D eigenvalue weighted by Crippen LogP contribution is 2.33. The van der Waals surface area contributed by atoms with E-state index in [2.05, 4.69) is 15.3 Å². The molecule has 1 aliphatic heterocycles. The highest BCUT2D eigenvalue weighted by atomic mass is 16.5. The fourth-order valence-corrected chi connectivity index (χ4v) is 4.63. The van der Waals surface area contributed by atoms with Crippen molar-refractivity contribution in [1.29, 1.82) is 0 Å². The van der Waals surface area contributed by atoms with Crippen LogP contribution in [-0.2, 0) is 11.3 Å². The second kappa shape index (κ2) is 9.53. The van der Waals surface area contributed by atoms with E-state index < -0.39 is 0 Å². The van der Waals surface area contributed by atoms with E-state index in [0.29, 0.717) is 13.1 Å². The molecule has 1 aromatic carbocycles. The van der Waals surface area contributed by atoms with Crippen LogP contribution in [0.3, 0.4) is 0 Å². The van der Waals surface area contributed by atoms with E-state index in [1.165, 1.54) is 36.1 Å². The smallest absolute Gasteiger partial charge is 0.271 e. The number of hydrogen-bond acceptors (Lipinski definition) is 5. The average Bonchev–Trinajstić information content (AvgIpc) is 2.81. The lowest BCUT2D eigenvalue weighted by atomic mass is 9.79. The molecule has 1 saturated carbocycles. The summed E-state index contributed by atoms with van der Waals surface area (Å²) in [4.78, 5) is 27.6. The second-order valence-electron chi connectivity index (χ2n) is 8.27. The monoisotopic (exact) mass is 410 g/mol. The SMILES string of the molecule is O=C(NCC1(N2CCOCC2)CCCCC1)c1ccc(=O)n(Cc2ccccc2)n1. The van der Waals surface area contributed by atoms with Gasteiger partial charge in [-0.2, -0.15) is 5.10 Å². The Morgan fingerprint density at radius 3 is 2.50 bits per heavy atom. The zero-order valence-corrected chi connectivity index (χ0v) is 17.4. The topological polar surface area (TPSA) is 76.5 Å². The maximum Gasteiger partial charge on any atom is 0.271 e. The Bertz CT molecular complexity index is 900. The Hall–Kier alpha value is -2.51. The molecule has 30 heavy (non-hydrogen) atoms. The standard InChI is InChI=1S/C23H30N4O3/c28-21-10-9-20(25-27(21)17-19-7-3-1-4-8-19)22(29)24-18-23(11-5-2-6-12-23)26-13-15-30-16-14-26/h1,3-4,7-10H,2,5-6,11-18H2,(H,24,29). The molecule has 2 heterocycles. The number of morpholine rings is 1. The quantitative estimate of drug-likeness (QED) is 0.789. The number of nitrogens with zero attached hydrogens (tertiary/aromatic N) is 3. The summed E-state index contributed by atoms with van der Waals surface area (Å²) in [6, 6.07) is 12.6.